The van der Waals surface area contributed by atoms with E-state index in [9.17, 15) is 14.7 Å². The van der Waals surface area contributed by atoms with Crippen molar-refractivity contribution in [3.8, 4) is 0 Å². The molecule has 3 rings (SSSR count). The Kier molecular flexibility index (Phi) is 2.44. The average Bonchev–Trinajstić information content (AvgIpc) is 2.98. The van der Waals surface area contributed by atoms with Crippen LogP contribution in [0.5, 0.6) is 0 Å². The van der Waals surface area contributed by atoms with Crippen LogP contribution in [0, 0.1) is 11.3 Å². The number of aromatic nitrogens is 2. The molecule has 0 amide bonds. The predicted octanol–water partition coefficient (Wildman–Crippen LogP) is 1.30. The number of aliphatic hydroxyl groups is 1. The molecule has 1 aromatic carbocycles. The molecule has 1 heterocycles. The van der Waals surface area contributed by atoms with Gasteiger partial charge in [0.1, 0.15) is 0 Å². The molecular formula is C14H16N2O3. The lowest BCUT2D eigenvalue weighted by Gasteiger charge is -2.13. The summed E-state index contributed by atoms with van der Waals surface area (Å²) >= 11 is 0. The lowest BCUT2D eigenvalue weighted by atomic mass is 9.99. The topological polar surface area (TPSA) is 85.9 Å². The monoisotopic (exact) mass is 260 g/mol. The Bertz CT molecular complexity index is 757. The van der Waals surface area contributed by atoms with Crippen LogP contribution in [0.3, 0.4) is 0 Å². The fourth-order valence-corrected chi connectivity index (χ4v) is 2.60. The van der Waals surface area contributed by atoms with Crippen LogP contribution in [0.25, 0.3) is 11.0 Å². The van der Waals surface area contributed by atoms with E-state index in [1.807, 2.05) is 0 Å². The van der Waals surface area contributed by atoms with Gasteiger partial charge in [0.15, 0.2) is 0 Å². The van der Waals surface area contributed by atoms with Gasteiger partial charge in [-0.2, -0.15) is 0 Å². The van der Waals surface area contributed by atoms with Gasteiger partial charge in [0.2, 0.25) is 0 Å². The first kappa shape index (κ1) is 12.2. The van der Waals surface area contributed by atoms with Crippen molar-refractivity contribution in [2.75, 3.05) is 0 Å². The van der Waals surface area contributed by atoms with Gasteiger partial charge in [-0.1, -0.05) is 19.9 Å². The number of benzene rings is 1. The zero-order chi connectivity index (χ0) is 13.8. The largest absolute Gasteiger partial charge is 0.388 e. The zero-order valence-corrected chi connectivity index (χ0v) is 10.9. The maximum atomic E-state index is 11.3. The van der Waals surface area contributed by atoms with Crippen LogP contribution in [0.4, 0.5) is 0 Å². The van der Waals surface area contributed by atoms with Crippen LogP contribution in [0.2, 0.25) is 0 Å². The van der Waals surface area contributed by atoms with Crippen molar-refractivity contribution in [1.29, 1.82) is 0 Å². The number of aromatic amines is 2. The van der Waals surface area contributed by atoms with E-state index in [1.165, 1.54) is 0 Å². The number of hydrogen-bond donors (Lipinski definition) is 3. The molecule has 1 aliphatic rings. The van der Waals surface area contributed by atoms with E-state index >= 15 is 0 Å². The predicted molar refractivity (Wildman–Crippen MR) is 72.0 cm³/mol. The summed E-state index contributed by atoms with van der Waals surface area (Å²) in [5.41, 5.74) is 0.711. The quantitative estimate of drug-likeness (QED) is 0.711. The highest BCUT2D eigenvalue weighted by atomic mass is 16.3. The van der Waals surface area contributed by atoms with E-state index in [4.69, 9.17) is 0 Å². The summed E-state index contributed by atoms with van der Waals surface area (Å²) in [5.74, 6) is 0.249. The van der Waals surface area contributed by atoms with Gasteiger partial charge in [0, 0.05) is 0 Å². The molecular weight excluding hydrogens is 244 g/mol. The SMILES string of the molecule is CC1(C)CC1C(O)c1ccc2[nH]c(=O)c(=O)[nH]c2c1. The van der Waals surface area contributed by atoms with Gasteiger partial charge in [0.05, 0.1) is 17.1 Å². The molecule has 0 radical (unpaired) electrons. The molecule has 1 saturated carbocycles. The summed E-state index contributed by atoms with van der Waals surface area (Å²) in [6, 6.07) is 5.22. The summed E-state index contributed by atoms with van der Waals surface area (Å²) in [4.78, 5) is 27.5. The number of aliphatic hydroxyl groups excluding tert-OH is 1. The van der Waals surface area contributed by atoms with Crippen LogP contribution in [-0.4, -0.2) is 15.1 Å². The lowest BCUT2D eigenvalue weighted by Crippen LogP contribution is -2.28. The summed E-state index contributed by atoms with van der Waals surface area (Å²) in [6.07, 6.45) is 0.462. The van der Waals surface area contributed by atoms with E-state index < -0.39 is 17.2 Å². The molecule has 0 aliphatic heterocycles. The molecule has 100 valence electrons. The van der Waals surface area contributed by atoms with Crippen molar-refractivity contribution in [2.24, 2.45) is 11.3 Å². The van der Waals surface area contributed by atoms with Crippen LogP contribution in [0.15, 0.2) is 27.8 Å². The number of H-pyrrole nitrogens is 2. The second-order valence-electron chi connectivity index (χ2n) is 5.96. The van der Waals surface area contributed by atoms with E-state index in [2.05, 4.69) is 23.8 Å². The number of nitrogens with one attached hydrogen (secondary N) is 2. The van der Waals surface area contributed by atoms with Crippen LogP contribution < -0.4 is 11.1 Å². The maximum Gasteiger partial charge on any atom is 0.314 e. The van der Waals surface area contributed by atoms with E-state index in [-0.39, 0.29) is 11.3 Å². The molecule has 19 heavy (non-hydrogen) atoms. The molecule has 0 bridgehead atoms. The molecule has 5 nitrogen and oxygen atoms in total. The van der Waals surface area contributed by atoms with E-state index in [1.54, 1.807) is 18.2 Å². The molecule has 2 unspecified atom stereocenters. The van der Waals surface area contributed by atoms with E-state index in [0.29, 0.717) is 11.0 Å². The van der Waals surface area contributed by atoms with Gasteiger partial charge >= 0.3 is 11.1 Å². The summed E-state index contributed by atoms with van der Waals surface area (Å²) in [5, 5.41) is 10.3. The maximum absolute atomic E-state index is 11.3. The average molecular weight is 260 g/mol. The van der Waals surface area contributed by atoms with Gasteiger partial charge in [-0.3, -0.25) is 9.59 Å². The molecule has 3 N–H and O–H groups in total. The summed E-state index contributed by atoms with van der Waals surface area (Å²) in [6.45, 7) is 4.25. The lowest BCUT2D eigenvalue weighted by molar-refractivity contribution is 0.138. The summed E-state index contributed by atoms with van der Waals surface area (Å²) < 4.78 is 0. The standard InChI is InChI=1S/C14H16N2O3/c1-14(2)6-8(14)11(17)7-3-4-9-10(5-7)16-13(19)12(18)15-9/h3-5,8,11,17H,6H2,1-2H3,(H,15,18)(H,16,19). The number of fused-ring (bicyclic) bond motifs is 1. The number of rotatable bonds is 2. The van der Waals surface area contributed by atoms with Crippen molar-refractivity contribution >= 4 is 11.0 Å². The zero-order valence-electron chi connectivity index (χ0n) is 10.9. The van der Waals surface area contributed by atoms with Crippen LogP contribution >= 0.6 is 0 Å². The van der Waals surface area contributed by atoms with Gasteiger partial charge in [0.25, 0.3) is 0 Å². The Morgan fingerprint density at radius 1 is 1.21 bits per heavy atom. The van der Waals surface area contributed by atoms with Crippen molar-refractivity contribution < 1.29 is 5.11 Å². The third-order valence-corrected chi connectivity index (χ3v) is 4.06. The highest BCUT2D eigenvalue weighted by Gasteiger charge is 2.50. The Balaban J connectivity index is 2.05. The highest BCUT2D eigenvalue weighted by Crippen LogP contribution is 2.57. The third-order valence-electron chi connectivity index (χ3n) is 4.06. The molecule has 2 aromatic rings. The van der Waals surface area contributed by atoms with Crippen molar-refractivity contribution in [3.05, 3.63) is 44.5 Å². The molecule has 1 fully saturated rings. The Morgan fingerprint density at radius 2 is 1.79 bits per heavy atom. The second kappa shape index (κ2) is 3.81. The molecule has 0 saturated heterocycles. The van der Waals surface area contributed by atoms with Gasteiger partial charge in [-0.15, -0.1) is 0 Å². The minimum atomic E-state index is -0.675. The molecule has 5 heteroatoms. The van der Waals surface area contributed by atoms with Gasteiger partial charge < -0.3 is 15.1 Å². The van der Waals surface area contributed by atoms with E-state index in [0.717, 1.165) is 12.0 Å². The Hall–Kier alpha value is -1.88. The van der Waals surface area contributed by atoms with Gasteiger partial charge in [-0.25, -0.2) is 0 Å². The smallest absolute Gasteiger partial charge is 0.314 e. The third kappa shape index (κ3) is 2.00. The van der Waals surface area contributed by atoms with Crippen LogP contribution in [-0.2, 0) is 0 Å². The second-order valence-corrected chi connectivity index (χ2v) is 5.96. The normalized spacial score (nSPS) is 22.4. The minimum absolute atomic E-state index is 0.173. The van der Waals surface area contributed by atoms with Crippen molar-refractivity contribution in [1.82, 2.24) is 9.97 Å². The molecule has 2 atom stereocenters. The fraction of sp³-hybridized carbons (Fsp3) is 0.429. The molecule has 0 spiro atoms. The minimum Gasteiger partial charge on any atom is -0.388 e. The highest BCUT2D eigenvalue weighted by molar-refractivity contribution is 5.74. The van der Waals surface area contributed by atoms with Crippen molar-refractivity contribution in [3.63, 3.8) is 0 Å². The van der Waals surface area contributed by atoms with Gasteiger partial charge in [-0.05, 0) is 35.4 Å². The fourth-order valence-electron chi connectivity index (χ4n) is 2.60. The number of hydrogen-bond acceptors (Lipinski definition) is 3. The Morgan fingerprint density at radius 3 is 2.37 bits per heavy atom. The molecule has 1 aromatic heterocycles. The first-order valence-corrected chi connectivity index (χ1v) is 6.33. The van der Waals surface area contributed by atoms with Crippen LogP contribution in [0.1, 0.15) is 31.9 Å². The summed E-state index contributed by atoms with van der Waals surface area (Å²) in [7, 11) is 0. The first-order chi connectivity index (χ1) is 8.88. The van der Waals surface area contributed by atoms with Crippen molar-refractivity contribution in [2.45, 2.75) is 26.4 Å². The first-order valence-electron chi connectivity index (χ1n) is 6.33. The molecule has 1 aliphatic carbocycles. The Labute approximate surface area is 109 Å².